The molecule has 0 radical (unpaired) electrons. The van der Waals surface area contributed by atoms with Crippen molar-refractivity contribution in [3.8, 4) is 0 Å². The molecule has 2 N–H and O–H groups in total. The van der Waals surface area contributed by atoms with E-state index in [1.54, 1.807) is 13.8 Å². The van der Waals surface area contributed by atoms with Gasteiger partial charge < -0.3 is 10.4 Å². The summed E-state index contributed by atoms with van der Waals surface area (Å²) in [5, 5.41) is 11.2. The lowest BCUT2D eigenvalue weighted by Gasteiger charge is -2.24. The zero-order chi connectivity index (χ0) is 13.9. The van der Waals surface area contributed by atoms with E-state index in [9.17, 15) is 14.0 Å². The number of rotatable bonds is 4. The molecule has 0 heterocycles. The van der Waals surface area contributed by atoms with Crippen LogP contribution in [0.4, 0.5) is 4.39 Å². The number of hydrogen-bond donors (Lipinski definition) is 2. The fraction of sp³-hybridized carbons (Fsp3) is 0.333. The second kappa shape index (κ2) is 5.48. The van der Waals surface area contributed by atoms with Gasteiger partial charge in [0.05, 0.1) is 10.9 Å². The minimum absolute atomic E-state index is 0.147. The summed E-state index contributed by atoms with van der Waals surface area (Å²) in [4.78, 5) is 22.4. The summed E-state index contributed by atoms with van der Waals surface area (Å²) < 4.78 is 13.5. The Morgan fingerprint density at radius 1 is 1.44 bits per heavy atom. The Balaban J connectivity index is 2.82. The van der Waals surface area contributed by atoms with E-state index in [0.717, 1.165) is 6.07 Å². The standard InChI is InChI=1S/C12H13BrFNO3/c1-12(2,6-10(16)17)15-11(18)7-3-4-8(13)9(14)5-7/h3-5H,6H2,1-2H3,(H,15,18)(H,16,17). The van der Waals surface area contributed by atoms with E-state index >= 15 is 0 Å². The van der Waals surface area contributed by atoms with Gasteiger partial charge in [-0.1, -0.05) is 0 Å². The molecule has 1 amide bonds. The van der Waals surface area contributed by atoms with Crippen molar-refractivity contribution in [1.29, 1.82) is 0 Å². The topological polar surface area (TPSA) is 66.4 Å². The van der Waals surface area contributed by atoms with Gasteiger partial charge in [0.1, 0.15) is 5.82 Å². The number of carboxylic acids is 1. The Bertz CT molecular complexity index is 488. The van der Waals surface area contributed by atoms with Crippen LogP contribution < -0.4 is 5.32 Å². The minimum atomic E-state index is -1.01. The van der Waals surface area contributed by atoms with E-state index in [1.807, 2.05) is 0 Å². The third kappa shape index (κ3) is 4.10. The SMILES string of the molecule is CC(C)(CC(=O)O)NC(=O)c1ccc(Br)c(F)c1. The number of halogens is 2. The van der Waals surface area contributed by atoms with E-state index in [1.165, 1.54) is 12.1 Å². The van der Waals surface area contributed by atoms with Crippen LogP contribution in [0.15, 0.2) is 22.7 Å². The van der Waals surface area contributed by atoms with E-state index in [2.05, 4.69) is 21.2 Å². The molecule has 4 nitrogen and oxygen atoms in total. The van der Waals surface area contributed by atoms with Gasteiger partial charge in [0.2, 0.25) is 0 Å². The summed E-state index contributed by atoms with van der Waals surface area (Å²) in [6.07, 6.45) is -0.211. The van der Waals surface area contributed by atoms with Gasteiger partial charge in [0, 0.05) is 11.1 Å². The summed E-state index contributed by atoms with van der Waals surface area (Å²) in [6.45, 7) is 3.18. The lowest BCUT2D eigenvalue weighted by molar-refractivity contribution is -0.138. The first kappa shape index (κ1) is 14.6. The van der Waals surface area contributed by atoms with Crippen molar-refractivity contribution in [1.82, 2.24) is 5.32 Å². The number of hydrogen-bond acceptors (Lipinski definition) is 2. The number of carboxylic acid groups (broad SMARTS) is 1. The summed E-state index contributed by atoms with van der Waals surface area (Å²) in [7, 11) is 0. The second-order valence-electron chi connectivity index (χ2n) is 4.54. The van der Waals surface area contributed by atoms with Crippen molar-refractivity contribution in [2.45, 2.75) is 25.8 Å². The van der Waals surface area contributed by atoms with Gasteiger partial charge in [0.15, 0.2) is 0 Å². The highest BCUT2D eigenvalue weighted by Gasteiger charge is 2.24. The fourth-order valence-corrected chi connectivity index (χ4v) is 1.69. The average Bonchev–Trinajstić information content (AvgIpc) is 2.19. The van der Waals surface area contributed by atoms with E-state index in [4.69, 9.17) is 5.11 Å². The molecule has 0 unspecified atom stereocenters. The van der Waals surface area contributed by atoms with Crippen LogP contribution in [-0.2, 0) is 4.79 Å². The highest BCUT2D eigenvalue weighted by molar-refractivity contribution is 9.10. The van der Waals surface area contributed by atoms with Gasteiger partial charge in [-0.2, -0.15) is 0 Å². The Morgan fingerprint density at radius 3 is 2.56 bits per heavy atom. The first-order valence-corrected chi connectivity index (χ1v) is 6.00. The first-order valence-electron chi connectivity index (χ1n) is 5.20. The Labute approximate surface area is 112 Å². The smallest absolute Gasteiger partial charge is 0.305 e. The molecule has 0 atom stereocenters. The molecule has 0 spiro atoms. The average molecular weight is 318 g/mol. The van der Waals surface area contributed by atoms with Crippen LogP contribution in [0.3, 0.4) is 0 Å². The molecule has 1 aromatic carbocycles. The summed E-state index contributed by atoms with van der Waals surface area (Å²) in [6, 6.07) is 3.98. The van der Waals surface area contributed by atoms with Crippen molar-refractivity contribution >= 4 is 27.8 Å². The number of carbonyl (C=O) groups is 2. The largest absolute Gasteiger partial charge is 0.481 e. The maximum absolute atomic E-state index is 13.3. The van der Waals surface area contributed by atoms with Crippen LogP contribution in [0.2, 0.25) is 0 Å². The number of amides is 1. The highest BCUT2D eigenvalue weighted by atomic mass is 79.9. The molecule has 0 saturated heterocycles. The molecule has 6 heteroatoms. The lowest BCUT2D eigenvalue weighted by Crippen LogP contribution is -2.44. The Kier molecular flexibility index (Phi) is 4.45. The fourth-order valence-electron chi connectivity index (χ4n) is 1.44. The molecule has 0 bridgehead atoms. The van der Waals surface area contributed by atoms with E-state index < -0.39 is 23.2 Å². The van der Waals surface area contributed by atoms with Crippen molar-refractivity contribution < 1.29 is 19.1 Å². The minimum Gasteiger partial charge on any atom is -0.481 e. The molecular formula is C12H13BrFNO3. The predicted molar refractivity (Wildman–Crippen MR) is 67.9 cm³/mol. The van der Waals surface area contributed by atoms with Crippen molar-refractivity contribution in [2.75, 3.05) is 0 Å². The van der Waals surface area contributed by atoms with Crippen LogP contribution in [0.25, 0.3) is 0 Å². The first-order chi connectivity index (χ1) is 8.21. The van der Waals surface area contributed by atoms with Crippen LogP contribution in [0.5, 0.6) is 0 Å². The van der Waals surface area contributed by atoms with Gasteiger partial charge in [-0.15, -0.1) is 0 Å². The normalized spacial score (nSPS) is 11.1. The molecule has 1 rings (SSSR count). The molecular weight excluding hydrogens is 305 g/mol. The molecule has 0 aromatic heterocycles. The maximum Gasteiger partial charge on any atom is 0.305 e. The zero-order valence-electron chi connectivity index (χ0n) is 9.96. The van der Waals surface area contributed by atoms with Crippen molar-refractivity contribution in [3.05, 3.63) is 34.1 Å². The summed E-state index contributed by atoms with van der Waals surface area (Å²) in [5.41, 5.74) is -0.749. The molecule has 0 aliphatic heterocycles. The van der Waals surface area contributed by atoms with E-state index in [-0.39, 0.29) is 16.5 Å². The Hall–Kier alpha value is -1.43. The van der Waals surface area contributed by atoms with Crippen LogP contribution in [0, 0.1) is 5.82 Å². The Morgan fingerprint density at radius 2 is 2.06 bits per heavy atom. The monoisotopic (exact) mass is 317 g/mol. The van der Waals surface area contributed by atoms with Gasteiger partial charge in [-0.05, 0) is 48.0 Å². The maximum atomic E-state index is 13.3. The highest BCUT2D eigenvalue weighted by Crippen LogP contribution is 2.17. The molecule has 0 aliphatic carbocycles. The van der Waals surface area contributed by atoms with Gasteiger partial charge in [-0.3, -0.25) is 9.59 Å². The molecule has 18 heavy (non-hydrogen) atoms. The number of carbonyl (C=O) groups excluding carboxylic acids is 1. The number of nitrogens with one attached hydrogen (secondary N) is 1. The zero-order valence-corrected chi connectivity index (χ0v) is 11.5. The summed E-state index contributed by atoms with van der Waals surface area (Å²) in [5.74, 6) is -2.06. The third-order valence-corrected chi connectivity index (χ3v) is 2.87. The predicted octanol–water partition coefficient (Wildman–Crippen LogP) is 2.57. The lowest BCUT2D eigenvalue weighted by atomic mass is 10.00. The number of benzene rings is 1. The van der Waals surface area contributed by atoms with Crippen molar-refractivity contribution in [2.24, 2.45) is 0 Å². The molecule has 0 aliphatic rings. The van der Waals surface area contributed by atoms with Gasteiger partial charge in [0.25, 0.3) is 5.91 Å². The third-order valence-electron chi connectivity index (χ3n) is 2.23. The van der Waals surface area contributed by atoms with E-state index in [0.29, 0.717) is 0 Å². The van der Waals surface area contributed by atoms with Crippen LogP contribution in [0.1, 0.15) is 30.6 Å². The molecule has 0 saturated carbocycles. The molecule has 0 fully saturated rings. The summed E-state index contributed by atoms with van der Waals surface area (Å²) >= 11 is 2.99. The molecule has 98 valence electrons. The van der Waals surface area contributed by atoms with Crippen molar-refractivity contribution in [3.63, 3.8) is 0 Å². The van der Waals surface area contributed by atoms with Crippen LogP contribution in [-0.4, -0.2) is 22.5 Å². The van der Waals surface area contributed by atoms with Crippen LogP contribution >= 0.6 is 15.9 Å². The molecule has 1 aromatic rings. The quantitative estimate of drug-likeness (QED) is 0.897. The number of aliphatic carboxylic acids is 1. The second-order valence-corrected chi connectivity index (χ2v) is 5.39. The van der Waals surface area contributed by atoms with Gasteiger partial charge in [-0.25, -0.2) is 4.39 Å². The van der Waals surface area contributed by atoms with Gasteiger partial charge >= 0.3 is 5.97 Å².